The van der Waals surface area contributed by atoms with E-state index in [0.717, 1.165) is 96.3 Å². The first kappa shape index (κ1) is 70.1. The van der Waals surface area contributed by atoms with Crippen molar-refractivity contribution in [3.63, 3.8) is 0 Å². The van der Waals surface area contributed by atoms with Crippen molar-refractivity contribution in [3.8, 4) is 0 Å². The maximum Gasteiger partial charge on any atom is 0.306 e. The van der Waals surface area contributed by atoms with Gasteiger partial charge in [0.1, 0.15) is 13.2 Å². The van der Waals surface area contributed by atoms with Crippen molar-refractivity contribution in [2.45, 2.75) is 335 Å². The third-order valence-corrected chi connectivity index (χ3v) is 14.0. The predicted molar refractivity (Wildman–Crippen MR) is 316 cm³/mol. The molecule has 0 heterocycles. The smallest absolute Gasteiger partial charge is 0.306 e. The van der Waals surface area contributed by atoms with E-state index in [4.69, 9.17) is 14.2 Å². The highest BCUT2D eigenvalue weighted by atomic mass is 16.6. The van der Waals surface area contributed by atoms with Gasteiger partial charge in [0.15, 0.2) is 6.10 Å². The van der Waals surface area contributed by atoms with Gasteiger partial charge in [0, 0.05) is 19.3 Å². The number of hydrogen-bond donors (Lipinski definition) is 0. The summed E-state index contributed by atoms with van der Waals surface area (Å²) in [6.45, 7) is 6.55. The van der Waals surface area contributed by atoms with E-state index in [1.165, 1.54) is 193 Å². The largest absolute Gasteiger partial charge is 0.462 e. The first-order valence-electron chi connectivity index (χ1n) is 31.8. The molecular formula is C67H120O6. The Morgan fingerprint density at radius 2 is 0.534 bits per heavy atom. The molecule has 0 radical (unpaired) electrons. The van der Waals surface area contributed by atoms with Gasteiger partial charge in [-0.05, 0) is 83.5 Å². The molecule has 0 saturated carbocycles. The zero-order chi connectivity index (χ0) is 52.9. The van der Waals surface area contributed by atoms with Crippen molar-refractivity contribution in [1.29, 1.82) is 0 Å². The number of esters is 3. The summed E-state index contributed by atoms with van der Waals surface area (Å²) >= 11 is 0. The number of hydrogen-bond acceptors (Lipinski definition) is 6. The number of allylic oxidation sites excluding steroid dienone is 10. The number of unbranched alkanes of at least 4 members (excludes halogenated alkanes) is 37. The van der Waals surface area contributed by atoms with E-state index in [2.05, 4.69) is 81.5 Å². The Labute approximate surface area is 453 Å². The average molecular weight is 1020 g/mol. The average Bonchev–Trinajstić information content (AvgIpc) is 3.39. The number of rotatable bonds is 58. The van der Waals surface area contributed by atoms with Crippen LogP contribution < -0.4 is 0 Å². The Morgan fingerprint density at radius 1 is 0.288 bits per heavy atom. The van der Waals surface area contributed by atoms with E-state index in [1.807, 2.05) is 0 Å². The van der Waals surface area contributed by atoms with Gasteiger partial charge in [-0.1, -0.05) is 287 Å². The Morgan fingerprint density at radius 3 is 0.849 bits per heavy atom. The zero-order valence-electron chi connectivity index (χ0n) is 48.7. The lowest BCUT2D eigenvalue weighted by molar-refractivity contribution is -0.167. The SMILES string of the molecule is CC/C=C\C/C=C\C/C=C\C/C=C\CCCCCCC(=O)OCC(COC(=O)CCCCCCCCCCC/C=C\CCCCCCCC)OC(=O)CCCCCCCCCCCCCCCCCCCCC. The summed E-state index contributed by atoms with van der Waals surface area (Å²) in [7, 11) is 0. The van der Waals surface area contributed by atoms with Crippen molar-refractivity contribution in [2.24, 2.45) is 0 Å². The first-order chi connectivity index (χ1) is 36.0. The molecule has 73 heavy (non-hydrogen) atoms. The third kappa shape index (κ3) is 59.9. The first-order valence-corrected chi connectivity index (χ1v) is 31.8. The van der Waals surface area contributed by atoms with Crippen molar-refractivity contribution < 1.29 is 28.6 Å². The van der Waals surface area contributed by atoms with Crippen molar-refractivity contribution >= 4 is 17.9 Å². The van der Waals surface area contributed by atoms with E-state index in [9.17, 15) is 14.4 Å². The van der Waals surface area contributed by atoms with Gasteiger partial charge < -0.3 is 14.2 Å². The zero-order valence-corrected chi connectivity index (χ0v) is 48.7. The Kier molecular flexibility index (Phi) is 59.2. The number of ether oxygens (including phenoxy) is 3. The summed E-state index contributed by atoms with van der Waals surface area (Å²) in [4.78, 5) is 38.3. The quantitative estimate of drug-likeness (QED) is 0.0261. The van der Waals surface area contributed by atoms with Crippen LogP contribution in [0.5, 0.6) is 0 Å². The topological polar surface area (TPSA) is 78.9 Å². The molecule has 0 aliphatic rings. The van der Waals surface area contributed by atoms with Crippen molar-refractivity contribution in [2.75, 3.05) is 13.2 Å². The van der Waals surface area contributed by atoms with E-state index in [-0.39, 0.29) is 31.1 Å². The van der Waals surface area contributed by atoms with E-state index in [0.29, 0.717) is 19.3 Å². The maximum absolute atomic E-state index is 12.9. The van der Waals surface area contributed by atoms with Gasteiger partial charge in [-0.25, -0.2) is 0 Å². The highest BCUT2D eigenvalue weighted by Crippen LogP contribution is 2.17. The lowest BCUT2D eigenvalue weighted by Gasteiger charge is -2.18. The molecule has 0 bridgehead atoms. The maximum atomic E-state index is 12.9. The second kappa shape index (κ2) is 61.7. The molecule has 0 amide bonds. The molecule has 6 heteroatoms. The molecule has 1 unspecified atom stereocenters. The van der Waals surface area contributed by atoms with Crippen LogP contribution in [-0.4, -0.2) is 37.2 Å². The monoisotopic (exact) mass is 1020 g/mol. The van der Waals surface area contributed by atoms with Gasteiger partial charge in [0.2, 0.25) is 0 Å². The van der Waals surface area contributed by atoms with Gasteiger partial charge >= 0.3 is 17.9 Å². The number of carbonyl (C=O) groups excluding carboxylic acids is 3. The second-order valence-corrected chi connectivity index (χ2v) is 21.3. The van der Waals surface area contributed by atoms with Gasteiger partial charge in [0.05, 0.1) is 0 Å². The summed E-state index contributed by atoms with van der Waals surface area (Å²) < 4.78 is 16.9. The molecule has 0 aromatic heterocycles. The van der Waals surface area contributed by atoms with Crippen LogP contribution in [0.15, 0.2) is 60.8 Å². The summed E-state index contributed by atoms with van der Waals surface area (Å²) in [6, 6.07) is 0. The Hall–Kier alpha value is -2.89. The molecule has 0 saturated heterocycles. The Balaban J connectivity index is 4.38. The van der Waals surface area contributed by atoms with E-state index in [1.54, 1.807) is 0 Å². The molecule has 0 aromatic carbocycles. The number of carbonyl (C=O) groups is 3. The predicted octanol–water partition coefficient (Wildman–Crippen LogP) is 21.6. The van der Waals surface area contributed by atoms with E-state index < -0.39 is 6.10 Å². The van der Waals surface area contributed by atoms with Gasteiger partial charge in [-0.3, -0.25) is 14.4 Å². The fraction of sp³-hybridized carbons (Fsp3) is 0.806. The van der Waals surface area contributed by atoms with Gasteiger partial charge in [-0.15, -0.1) is 0 Å². The normalized spacial score (nSPS) is 12.4. The molecule has 1 atom stereocenters. The summed E-state index contributed by atoms with van der Waals surface area (Å²) in [5, 5.41) is 0. The van der Waals surface area contributed by atoms with E-state index >= 15 is 0 Å². The fourth-order valence-corrected chi connectivity index (χ4v) is 9.25. The minimum atomic E-state index is -0.784. The Bertz CT molecular complexity index is 1310. The summed E-state index contributed by atoms with van der Waals surface area (Å²) in [6.07, 6.45) is 77.9. The van der Waals surface area contributed by atoms with Crippen LogP contribution in [0.25, 0.3) is 0 Å². The third-order valence-electron chi connectivity index (χ3n) is 14.0. The molecule has 0 spiro atoms. The highest BCUT2D eigenvalue weighted by molar-refractivity contribution is 5.71. The molecular weight excluding hydrogens is 901 g/mol. The molecule has 424 valence electrons. The van der Waals surface area contributed by atoms with Crippen LogP contribution in [-0.2, 0) is 28.6 Å². The van der Waals surface area contributed by atoms with Crippen LogP contribution >= 0.6 is 0 Å². The standard InChI is InChI=1S/C67H120O6/c1-4-7-10-13-16-19-22-25-28-31-33-36-39-42-45-48-51-54-57-60-66(69)72-63-64(62-71-65(68)59-56-53-50-47-44-41-38-35-30-27-24-21-18-15-12-9-6-3)73-67(70)61-58-55-52-49-46-43-40-37-34-32-29-26-23-20-17-14-11-8-5-2/h9,12,18,21,25,27-28,30,38,41,64H,4-8,10-11,13-17,19-20,22-24,26,29,31-37,39-40,42-63H2,1-3H3/b12-9-,21-18-,28-25-,30-27-,41-38-. The van der Waals surface area contributed by atoms with Crippen LogP contribution in [0.3, 0.4) is 0 Å². The van der Waals surface area contributed by atoms with Crippen LogP contribution in [0, 0.1) is 0 Å². The summed E-state index contributed by atoms with van der Waals surface area (Å²) in [5.74, 6) is -0.887. The van der Waals surface area contributed by atoms with Crippen LogP contribution in [0.1, 0.15) is 329 Å². The van der Waals surface area contributed by atoms with Crippen LogP contribution in [0.4, 0.5) is 0 Å². The highest BCUT2D eigenvalue weighted by Gasteiger charge is 2.19. The van der Waals surface area contributed by atoms with Crippen LogP contribution in [0.2, 0.25) is 0 Å². The van der Waals surface area contributed by atoms with Gasteiger partial charge in [0.25, 0.3) is 0 Å². The minimum absolute atomic E-state index is 0.0801. The van der Waals surface area contributed by atoms with Crippen molar-refractivity contribution in [3.05, 3.63) is 60.8 Å². The molecule has 0 N–H and O–H groups in total. The summed E-state index contributed by atoms with van der Waals surface area (Å²) in [5.41, 5.74) is 0. The fourth-order valence-electron chi connectivity index (χ4n) is 9.25. The van der Waals surface area contributed by atoms with Gasteiger partial charge in [-0.2, -0.15) is 0 Å². The molecule has 0 fully saturated rings. The molecule has 0 aliphatic heterocycles. The van der Waals surface area contributed by atoms with Crippen molar-refractivity contribution in [1.82, 2.24) is 0 Å². The lowest BCUT2D eigenvalue weighted by atomic mass is 10.0. The molecule has 0 aromatic rings. The molecule has 0 rings (SSSR count). The minimum Gasteiger partial charge on any atom is -0.462 e. The second-order valence-electron chi connectivity index (χ2n) is 21.3. The lowest BCUT2D eigenvalue weighted by Crippen LogP contribution is -2.30. The molecule has 0 aliphatic carbocycles. The molecule has 6 nitrogen and oxygen atoms in total.